The summed E-state index contributed by atoms with van der Waals surface area (Å²) in [5, 5.41) is 0.333. The zero-order chi connectivity index (χ0) is 32.5. The largest absolute Gasteiger partial charge is 0.473 e. The van der Waals surface area contributed by atoms with E-state index in [1.807, 2.05) is 45.3 Å². The Kier molecular flexibility index (Phi) is 19.3. The van der Waals surface area contributed by atoms with Gasteiger partial charge in [-0.25, -0.2) is 13.8 Å². The van der Waals surface area contributed by atoms with Crippen molar-refractivity contribution in [1.29, 1.82) is 0 Å². The van der Waals surface area contributed by atoms with Crippen LogP contribution in [0.5, 0.6) is 5.88 Å². The summed E-state index contributed by atoms with van der Waals surface area (Å²) >= 11 is 5.74. The molecule has 4 nitrogen and oxygen atoms in total. The first-order valence-electron chi connectivity index (χ1n) is 14.5. The molecule has 1 unspecified atom stereocenters. The summed E-state index contributed by atoms with van der Waals surface area (Å²) in [6.07, 6.45) is 14.5. The Bertz CT molecular complexity index is 1510. The standard InChI is InChI=1S/C21H18ClF2NO.C9H9O.C5H10O.C2H2.U/c1-2-4-14-7-8-15(11-18(14)23)20-5-3-6-21(25-20)26-13-16-9-10-17(22)12-19(16)24;1-7-3-4-9(6-10)5-8(7)2;1-2-5-3-4-6-5;1-2;/h3,5-12H,2,4,13H2,1H3;3-5H,1-2H3;5H,2-4H2,1H3;1-2H;/q;-1;;;. The first-order chi connectivity index (χ1) is 21.2. The number of benzene rings is 3. The minimum atomic E-state index is -0.428. The summed E-state index contributed by atoms with van der Waals surface area (Å²) < 4.78 is 38.6. The third kappa shape index (κ3) is 13.5. The van der Waals surface area contributed by atoms with Gasteiger partial charge in [0, 0.05) is 59.9 Å². The Morgan fingerprint density at radius 2 is 1.64 bits per heavy atom. The molecule has 1 aliphatic heterocycles. The second kappa shape index (κ2) is 21.7. The van der Waals surface area contributed by atoms with Gasteiger partial charge in [0.15, 0.2) is 0 Å². The molecular formula is C37H39ClF2NO3U-. The minimum Gasteiger partial charge on any atom is -0.473 e. The first kappa shape index (κ1) is 40.0. The predicted molar refractivity (Wildman–Crippen MR) is 175 cm³/mol. The van der Waals surface area contributed by atoms with Crippen molar-refractivity contribution in [2.75, 3.05) is 6.61 Å². The monoisotopic (exact) mass is 856 g/mol. The second-order valence-electron chi connectivity index (χ2n) is 10.0. The predicted octanol–water partition coefficient (Wildman–Crippen LogP) is 9.41. The molecule has 1 aromatic heterocycles. The number of terminal acetylenes is 1. The summed E-state index contributed by atoms with van der Waals surface area (Å²) in [5.41, 5.74) is 5.33. The fourth-order valence-corrected chi connectivity index (χ4v) is 4.20. The number of aryl methyl sites for hydroxylation is 3. The van der Waals surface area contributed by atoms with E-state index in [4.69, 9.17) is 21.1 Å². The van der Waals surface area contributed by atoms with Crippen molar-refractivity contribution in [2.45, 2.75) is 66.1 Å². The average Bonchev–Trinajstić information content (AvgIpc) is 3.00. The van der Waals surface area contributed by atoms with Gasteiger partial charge in [-0.15, -0.1) is 24.5 Å². The first-order valence-corrected chi connectivity index (χ1v) is 14.8. The number of pyridine rings is 1. The van der Waals surface area contributed by atoms with Crippen LogP contribution >= 0.6 is 11.6 Å². The number of ether oxygens (including phenoxy) is 2. The van der Waals surface area contributed by atoms with Gasteiger partial charge in [0.2, 0.25) is 5.88 Å². The van der Waals surface area contributed by atoms with E-state index in [9.17, 15) is 13.6 Å². The molecule has 0 bridgehead atoms. The normalized spacial score (nSPS) is 12.7. The quantitative estimate of drug-likeness (QED) is 0.131. The fourth-order valence-electron chi connectivity index (χ4n) is 4.04. The number of rotatable bonds is 8. The molecule has 5 rings (SSSR count). The van der Waals surface area contributed by atoms with Crippen molar-refractivity contribution in [3.8, 4) is 30.0 Å². The summed E-state index contributed by atoms with van der Waals surface area (Å²) in [6.45, 7) is 9.20. The Balaban J connectivity index is 0.000000436. The van der Waals surface area contributed by atoms with Crippen LogP contribution in [0.3, 0.4) is 0 Å². The Hall–Kier alpha value is -3.00. The van der Waals surface area contributed by atoms with Crippen LogP contribution in [-0.2, 0) is 22.6 Å². The SMILES string of the molecule is C#C.CCC1CCO1.CCCc1ccc(-c2cccc(OCc3ccc(Cl)cc3F)n2)cc1F.Cc1ccc([C-]=O)cc1C.[U]. The molecule has 2 heterocycles. The van der Waals surface area contributed by atoms with Crippen LogP contribution in [0.15, 0.2) is 72.8 Å². The van der Waals surface area contributed by atoms with Gasteiger partial charge in [-0.3, -0.25) is 0 Å². The third-order valence-electron chi connectivity index (χ3n) is 6.86. The van der Waals surface area contributed by atoms with Gasteiger partial charge in [0.1, 0.15) is 18.2 Å². The third-order valence-corrected chi connectivity index (χ3v) is 7.09. The number of nitrogens with zero attached hydrogens (tertiary/aromatic N) is 1. The van der Waals surface area contributed by atoms with E-state index < -0.39 is 5.82 Å². The molecule has 45 heavy (non-hydrogen) atoms. The Labute approximate surface area is 295 Å². The zero-order valence-electron chi connectivity index (χ0n) is 26.2. The number of halogens is 3. The molecule has 0 saturated carbocycles. The number of hydrogen-bond donors (Lipinski definition) is 0. The molecule has 0 N–H and O–H groups in total. The molecule has 3 aromatic carbocycles. The van der Waals surface area contributed by atoms with Crippen LogP contribution < -0.4 is 4.74 Å². The summed E-state index contributed by atoms with van der Waals surface area (Å²) in [5.74, 6) is -0.321. The molecule has 0 spiro atoms. The maximum absolute atomic E-state index is 14.2. The summed E-state index contributed by atoms with van der Waals surface area (Å²) in [6, 6.07) is 20.3. The maximum Gasteiger partial charge on any atom is 0.214 e. The molecule has 4 aromatic rings. The van der Waals surface area contributed by atoms with E-state index in [-0.39, 0.29) is 43.5 Å². The van der Waals surface area contributed by atoms with E-state index in [0.29, 0.717) is 51.4 Å². The van der Waals surface area contributed by atoms with Gasteiger partial charge >= 0.3 is 0 Å². The fraction of sp³-hybridized carbons (Fsp3) is 0.297. The van der Waals surface area contributed by atoms with E-state index >= 15 is 0 Å². The summed E-state index contributed by atoms with van der Waals surface area (Å²) in [4.78, 5) is 14.5. The molecule has 1 fully saturated rings. The number of hydrogen-bond acceptors (Lipinski definition) is 4. The Morgan fingerprint density at radius 1 is 0.956 bits per heavy atom. The van der Waals surface area contributed by atoms with Crippen molar-refractivity contribution in [3.05, 3.63) is 117 Å². The van der Waals surface area contributed by atoms with E-state index in [1.54, 1.807) is 42.5 Å². The van der Waals surface area contributed by atoms with Crippen molar-refractivity contribution in [1.82, 2.24) is 4.98 Å². The van der Waals surface area contributed by atoms with E-state index in [0.717, 1.165) is 18.6 Å². The van der Waals surface area contributed by atoms with Gasteiger partial charge in [0.05, 0.1) is 18.1 Å². The zero-order valence-corrected chi connectivity index (χ0v) is 31.1. The molecule has 0 amide bonds. The average molecular weight is 857 g/mol. The van der Waals surface area contributed by atoms with Crippen LogP contribution in [0.25, 0.3) is 11.3 Å². The van der Waals surface area contributed by atoms with Crippen molar-refractivity contribution in [3.63, 3.8) is 0 Å². The van der Waals surface area contributed by atoms with E-state index in [2.05, 4.69) is 24.8 Å². The topological polar surface area (TPSA) is 48.4 Å². The van der Waals surface area contributed by atoms with Gasteiger partial charge in [-0.05, 0) is 56.0 Å². The van der Waals surface area contributed by atoms with Crippen LogP contribution in [0, 0.1) is 69.4 Å². The van der Waals surface area contributed by atoms with Crippen LogP contribution in [0.2, 0.25) is 5.02 Å². The molecule has 0 radical (unpaired) electrons. The van der Waals surface area contributed by atoms with Gasteiger partial charge < -0.3 is 14.3 Å². The van der Waals surface area contributed by atoms with Gasteiger partial charge in [-0.2, -0.15) is 17.7 Å². The van der Waals surface area contributed by atoms with Crippen molar-refractivity contribution >= 4 is 17.9 Å². The van der Waals surface area contributed by atoms with Crippen LogP contribution in [-0.4, -0.2) is 24.0 Å². The Morgan fingerprint density at radius 3 is 2.18 bits per heavy atom. The number of aromatic nitrogens is 1. The van der Waals surface area contributed by atoms with Crippen LogP contribution in [0.4, 0.5) is 8.78 Å². The molecular weight excluding hydrogens is 818 g/mol. The van der Waals surface area contributed by atoms with Gasteiger partial charge in [-0.1, -0.05) is 68.6 Å². The minimum absolute atomic E-state index is 0. The maximum atomic E-state index is 14.2. The molecule has 1 atom stereocenters. The van der Waals surface area contributed by atoms with Crippen molar-refractivity contribution < 1.29 is 54.2 Å². The molecule has 0 aliphatic carbocycles. The van der Waals surface area contributed by atoms with Gasteiger partial charge in [0.25, 0.3) is 0 Å². The second-order valence-corrected chi connectivity index (χ2v) is 10.5. The molecule has 8 heteroatoms. The smallest absolute Gasteiger partial charge is 0.214 e. The van der Waals surface area contributed by atoms with Crippen molar-refractivity contribution in [2.24, 2.45) is 0 Å². The van der Waals surface area contributed by atoms with E-state index in [1.165, 1.54) is 30.5 Å². The summed E-state index contributed by atoms with van der Waals surface area (Å²) in [7, 11) is 0. The molecule has 1 saturated heterocycles. The van der Waals surface area contributed by atoms with Crippen LogP contribution in [0.1, 0.15) is 60.9 Å². The molecule has 236 valence electrons. The number of carbonyl (C=O) groups excluding carboxylic acids is 1. The molecule has 1 aliphatic rings.